The van der Waals surface area contributed by atoms with Crippen LogP contribution in [0.4, 0.5) is 0 Å². The van der Waals surface area contributed by atoms with Crippen LogP contribution in [-0.4, -0.2) is 5.11 Å². The number of hydrogen-bond acceptors (Lipinski definition) is 1. The van der Waals surface area contributed by atoms with Gasteiger partial charge in [-0.3, -0.25) is 0 Å². The van der Waals surface area contributed by atoms with Crippen LogP contribution in [0.5, 0.6) is 0 Å². The van der Waals surface area contributed by atoms with Crippen LogP contribution in [-0.2, 0) is 6.42 Å². The summed E-state index contributed by atoms with van der Waals surface area (Å²) in [5.74, 6) is 0. The minimum Gasteiger partial charge on any atom is -0.388 e. The summed E-state index contributed by atoms with van der Waals surface area (Å²) in [5, 5.41) is 10.8. The fourth-order valence-corrected chi connectivity index (χ4v) is 1.88. The third kappa shape index (κ3) is 3.32. The summed E-state index contributed by atoms with van der Waals surface area (Å²) in [6, 6.07) is 15.5. The van der Waals surface area contributed by atoms with Gasteiger partial charge >= 0.3 is 0 Å². The molecule has 0 aromatic heterocycles. The SMILES string of the molecule is Cc1ccc(CC(O)c2ccc(Cl)cc2)cc1. The van der Waals surface area contributed by atoms with Gasteiger partial charge in [0.1, 0.15) is 0 Å². The van der Waals surface area contributed by atoms with Gasteiger partial charge in [-0.1, -0.05) is 53.6 Å². The van der Waals surface area contributed by atoms with E-state index >= 15 is 0 Å². The number of aliphatic hydroxyl groups excluding tert-OH is 1. The maximum absolute atomic E-state index is 10.1. The summed E-state index contributed by atoms with van der Waals surface area (Å²) in [5.41, 5.74) is 3.27. The Balaban J connectivity index is 2.08. The van der Waals surface area contributed by atoms with Gasteiger partial charge in [0.15, 0.2) is 0 Å². The number of aliphatic hydroxyl groups is 1. The maximum Gasteiger partial charge on any atom is 0.0830 e. The van der Waals surface area contributed by atoms with E-state index in [0.29, 0.717) is 11.4 Å². The zero-order valence-electron chi connectivity index (χ0n) is 9.73. The van der Waals surface area contributed by atoms with E-state index in [1.54, 1.807) is 12.1 Å². The molecule has 0 fully saturated rings. The number of hydrogen-bond donors (Lipinski definition) is 1. The Hall–Kier alpha value is -1.31. The molecule has 88 valence electrons. The molecule has 0 aliphatic heterocycles. The molecule has 0 radical (unpaired) electrons. The van der Waals surface area contributed by atoms with Crippen molar-refractivity contribution in [3.63, 3.8) is 0 Å². The van der Waals surface area contributed by atoms with Crippen molar-refractivity contribution in [2.75, 3.05) is 0 Å². The van der Waals surface area contributed by atoms with Crippen molar-refractivity contribution in [1.82, 2.24) is 0 Å². The van der Waals surface area contributed by atoms with Crippen molar-refractivity contribution in [2.24, 2.45) is 0 Å². The molecule has 2 aromatic carbocycles. The quantitative estimate of drug-likeness (QED) is 0.870. The molecule has 0 bridgehead atoms. The van der Waals surface area contributed by atoms with Gasteiger partial charge in [0, 0.05) is 11.4 Å². The molecule has 2 heteroatoms. The van der Waals surface area contributed by atoms with Crippen molar-refractivity contribution in [3.8, 4) is 0 Å². The number of rotatable bonds is 3. The van der Waals surface area contributed by atoms with E-state index in [9.17, 15) is 5.11 Å². The lowest BCUT2D eigenvalue weighted by Crippen LogP contribution is -2.01. The lowest BCUT2D eigenvalue weighted by molar-refractivity contribution is 0.178. The Bertz CT molecular complexity index is 473. The Morgan fingerprint density at radius 1 is 1.00 bits per heavy atom. The van der Waals surface area contributed by atoms with Crippen molar-refractivity contribution >= 4 is 11.6 Å². The molecule has 1 N–H and O–H groups in total. The summed E-state index contributed by atoms with van der Waals surface area (Å²) in [6.45, 7) is 2.05. The zero-order chi connectivity index (χ0) is 12.3. The second-order valence-corrected chi connectivity index (χ2v) is 4.69. The fourth-order valence-electron chi connectivity index (χ4n) is 1.75. The minimum atomic E-state index is -0.477. The van der Waals surface area contributed by atoms with E-state index in [4.69, 9.17) is 11.6 Å². The zero-order valence-corrected chi connectivity index (χ0v) is 10.5. The number of aryl methyl sites for hydroxylation is 1. The third-order valence-electron chi connectivity index (χ3n) is 2.80. The fraction of sp³-hybridized carbons (Fsp3) is 0.200. The topological polar surface area (TPSA) is 20.2 Å². The van der Waals surface area contributed by atoms with Gasteiger partial charge in [-0.2, -0.15) is 0 Å². The van der Waals surface area contributed by atoms with E-state index < -0.39 is 6.10 Å². The highest BCUT2D eigenvalue weighted by Crippen LogP contribution is 2.20. The smallest absolute Gasteiger partial charge is 0.0830 e. The average molecular weight is 247 g/mol. The van der Waals surface area contributed by atoms with Gasteiger partial charge < -0.3 is 5.11 Å². The Morgan fingerprint density at radius 2 is 1.59 bits per heavy atom. The van der Waals surface area contributed by atoms with Crippen molar-refractivity contribution in [2.45, 2.75) is 19.4 Å². The lowest BCUT2D eigenvalue weighted by Gasteiger charge is -2.11. The van der Waals surface area contributed by atoms with Gasteiger partial charge in [-0.25, -0.2) is 0 Å². The largest absolute Gasteiger partial charge is 0.388 e. The van der Waals surface area contributed by atoms with Gasteiger partial charge in [-0.05, 0) is 30.2 Å². The van der Waals surface area contributed by atoms with Gasteiger partial charge in [0.05, 0.1) is 6.10 Å². The van der Waals surface area contributed by atoms with Crippen LogP contribution in [0.25, 0.3) is 0 Å². The number of halogens is 1. The highest BCUT2D eigenvalue weighted by atomic mass is 35.5. The summed E-state index contributed by atoms with van der Waals surface area (Å²) in [4.78, 5) is 0. The normalized spacial score (nSPS) is 12.4. The predicted molar refractivity (Wildman–Crippen MR) is 71.3 cm³/mol. The molecule has 0 aliphatic rings. The highest BCUT2D eigenvalue weighted by Gasteiger charge is 2.08. The van der Waals surface area contributed by atoms with Crippen molar-refractivity contribution < 1.29 is 5.11 Å². The third-order valence-corrected chi connectivity index (χ3v) is 3.06. The molecular weight excluding hydrogens is 232 g/mol. The second-order valence-electron chi connectivity index (χ2n) is 4.26. The van der Waals surface area contributed by atoms with Crippen LogP contribution in [0.2, 0.25) is 5.02 Å². The molecule has 1 atom stereocenters. The molecule has 1 nitrogen and oxygen atoms in total. The first-order valence-corrected chi connectivity index (χ1v) is 6.02. The Morgan fingerprint density at radius 3 is 2.18 bits per heavy atom. The highest BCUT2D eigenvalue weighted by molar-refractivity contribution is 6.30. The van der Waals surface area contributed by atoms with Crippen LogP contribution < -0.4 is 0 Å². The molecular formula is C15H15ClO. The molecule has 2 rings (SSSR count). The summed E-state index contributed by atoms with van der Waals surface area (Å²) >= 11 is 5.81. The molecule has 0 heterocycles. The molecule has 0 saturated carbocycles. The first kappa shape index (κ1) is 12.2. The molecule has 0 spiro atoms. The van der Waals surface area contributed by atoms with Crippen LogP contribution in [0.1, 0.15) is 22.8 Å². The summed E-state index contributed by atoms with van der Waals surface area (Å²) in [6.07, 6.45) is 0.150. The van der Waals surface area contributed by atoms with E-state index in [-0.39, 0.29) is 0 Å². The number of benzene rings is 2. The second kappa shape index (κ2) is 5.35. The Labute approximate surface area is 107 Å². The first-order chi connectivity index (χ1) is 8.15. The maximum atomic E-state index is 10.1. The van der Waals surface area contributed by atoms with Crippen LogP contribution in [0.3, 0.4) is 0 Å². The summed E-state index contributed by atoms with van der Waals surface area (Å²) < 4.78 is 0. The van der Waals surface area contributed by atoms with Crippen molar-refractivity contribution in [3.05, 3.63) is 70.2 Å². The van der Waals surface area contributed by atoms with Gasteiger partial charge in [0.2, 0.25) is 0 Å². The minimum absolute atomic E-state index is 0.477. The van der Waals surface area contributed by atoms with Gasteiger partial charge in [0.25, 0.3) is 0 Å². The van der Waals surface area contributed by atoms with Crippen LogP contribution in [0.15, 0.2) is 48.5 Å². The average Bonchev–Trinajstić information content (AvgIpc) is 2.33. The Kier molecular flexibility index (Phi) is 3.82. The standard InChI is InChI=1S/C15H15ClO/c1-11-2-4-12(5-3-11)10-15(17)13-6-8-14(16)9-7-13/h2-9,15,17H,10H2,1H3. The molecule has 0 aliphatic carbocycles. The van der Waals surface area contributed by atoms with E-state index in [1.807, 2.05) is 12.1 Å². The molecule has 0 amide bonds. The van der Waals surface area contributed by atoms with Crippen molar-refractivity contribution in [1.29, 1.82) is 0 Å². The predicted octanol–water partition coefficient (Wildman–Crippen LogP) is 3.92. The van der Waals surface area contributed by atoms with Gasteiger partial charge in [-0.15, -0.1) is 0 Å². The first-order valence-electron chi connectivity index (χ1n) is 5.64. The van der Waals surface area contributed by atoms with Crippen LogP contribution >= 0.6 is 11.6 Å². The monoisotopic (exact) mass is 246 g/mol. The summed E-state index contributed by atoms with van der Waals surface area (Å²) in [7, 11) is 0. The lowest BCUT2D eigenvalue weighted by atomic mass is 10.0. The molecule has 2 aromatic rings. The molecule has 1 unspecified atom stereocenters. The van der Waals surface area contributed by atoms with E-state index in [1.165, 1.54) is 5.56 Å². The molecule has 0 saturated heterocycles. The van der Waals surface area contributed by atoms with Crippen LogP contribution in [0, 0.1) is 6.92 Å². The van der Waals surface area contributed by atoms with E-state index in [0.717, 1.165) is 11.1 Å². The molecule has 17 heavy (non-hydrogen) atoms. The van der Waals surface area contributed by atoms with E-state index in [2.05, 4.69) is 31.2 Å².